The summed E-state index contributed by atoms with van der Waals surface area (Å²) < 4.78 is 0. The van der Waals surface area contributed by atoms with Gasteiger partial charge in [-0.3, -0.25) is 14.8 Å². The van der Waals surface area contributed by atoms with Crippen LogP contribution in [0.2, 0.25) is 0 Å². The molecule has 0 aliphatic heterocycles. The Kier molecular flexibility index (Phi) is 4.26. The molecular weight excluding hydrogens is 336 g/mol. The Morgan fingerprint density at radius 1 is 0.852 bits per heavy atom. The van der Waals surface area contributed by atoms with Gasteiger partial charge in [0.1, 0.15) is 0 Å². The van der Waals surface area contributed by atoms with Gasteiger partial charge in [-0.05, 0) is 31.2 Å². The first-order chi connectivity index (χ1) is 13.1. The second kappa shape index (κ2) is 6.88. The number of hydrogen-bond acceptors (Lipinski definition) is 4. The first-order valence-electron chi connectivity index (χ1n) is 8.60. The van der Waals surface area contributed by atoms with Crippen LogP contribution in [0, 0.1) is 6.92 Å². The van der Waals surface area contributed by atoms with E-state index >= 15 is 0 Å². The lowest BCUT2D eigenvalue weighted by Crippen LogP contribution is -2.03. The fraction of sp³-hybridized carbons (Fsp3) is 0.0455. The third-order valence-electron chi connectivity index (χ3n) is 4.37. The van der Waals surface area contributed by atoms with Crippen molar-refractivity contribution in [2.24, 2.45) is 0 Å². The lowest BCUT2D eigenvalue weighted by Gasteiger charge is -2.03. The smallest absolute Gasteiger partial charge is 0.189 e. The molecule has 3 N–H and O–H groups in total. The first kappa shape index (κ1) is 16.7. The molecule has 0 aliphatic rings. The number of aromatic amines is 1. The fourth-order valence-electron chi connectivity index (χ4n) is 3.11. The number of pyridine rings is 3. The lowest BCUT2D eigenvalue weighted by molar-refractivity contribution is 1.24. The van der Waals surface area contributed by atoms with E-state index in [1.807, 2.05) is 61.5 Å². The highest BCUT2D eigenvalue weighted by Crippen LogP contribution is 2.19. The maximum atomic E-state index is 11.8. The largest absolute Gasteiger partial charge is 0.397 e. The van der Waals surface area contributed by atoms with Crippen LogP contribution in [-0.2, 0) is 0 Å². The van der Waals surface area contributed by atoms with Crippen molar-refractivity contribution in [2.75, 3.05) is 5.73 Å². The molecule has 2 aromatic carbocycles. The molecule has 0 unspecified atom stereocenters. The van der Waals surface area contributed by atoms with Gasteiger partial charge in [0.05, 0.1) is 22.2 Å². The Morgan fingerprint density at radius 3 is 2.26 bits per heavy atom. The van der Waals surface area contributed by atoms with Gasteiger partial charge in [0.15, 0.2) is 5.43 Å². The van der Waals surface area contributed by atoms with Crippen molar-refractivity contribution in [1.82, 2.24) is 15.0 Å². The topological polar surface area (TPSA) is 84.7 Å². The Labute approximate surface area is 155 Å². The number of aromatic nitrogens is 3. The van der Waals surface area contributed by atoms with Gasteiger partial charge in [-0.1, -0.05) is 30.3 Å². The number of H-pyrrole nitrogens is 1. The molecule has 5 rings (SSSR count). The summed E-state index contributed by atoms with van der Waals surface area (Å²) in [6.07, 6.45) is 3.49. The first-order valence-corrected chi connectivity index (χ1v) is 8.60. The molecule has 132 valence electrons. The van der Waals surface area contributed by atoms with Gasteiger partial charge in [0.25, 0.3) is 0 Å². The van der Waals surface area contributed by atoms with Crippen molar-refractivity contribution in [3.63, 3.8) is 0 Å². The maximum absolute atomic E-state index is 11.8. The maximum Gasteiger partial charge on any atom is 0.189 e. The van der Waals surface area contributed by atoms with Crippen LogP contribution in [-0.4, -0.2) is 15.0 Å². The summed E-state index contributed by atoms with van der Waals surface area (Å²) in [5, 5.41) is 2.82. The zero-order valence-electron chi connectivity index (χ0n) is 14.8. The number of fused-ring (bicyclic) bond motifs is 4. The van der Waals surface area contributed by atoms with E-state index < -0.39 is 0 Å². The fourth-order valence-corrected chi connectivity index (χ4v) is 3.11. The molecule has 27 heavy (non-hydrogen) atoms. The predicted octanol–water partition coefficient (Wildman–Crippen LogP) is 4.20. The molecule has 0 amide bonds. The van der Waals surface area contributed by atoms with Crippen LogP contribution in [0.3, 0.4) is 0 Å². The molecule has 0 saturated heterocycles. The van der Waals surface area contributed by atoms with Gasteiger partial charge in [0.2, 0.25) is 0 Å². The summed E-state index contributed by atoms with van der Waals surface area (Å²) in [7, 11) is 0. The van der Waals surface area contributed by atoms with Crippen LogP contribution in [0.15, 0.2) is 77.9 Å². The highest BCUT2D eigenvalue weighted by molar-refractivity contribution is 6.02. The van der Waals surface area contributed by atoms with Crippen LogP contribution < -0.4 is 11.2 Å². The van der Waals surface area contributed by atoms with Gasteiger partial charge in [-0.2, -0.15) is 0 Å². The Balaban J connectivity index is 0.000000143. The molecule has 5 nitrogen and oxygen atoms in total. The number of hydrogen-bond donors (Lipinski definition) is 2. The molecule has 0 aliphatic carbocycles. The number of nitrogens with two attached hydrogens (primary N) is 1. The summed E-state index contributed by atoms with van der Waals surface area (Å²) in [5.41, 5.74) is 9.88. The van der Waals surface area contributed by atoms with E-state index in [0.29, 0.717) is 5.39 Å². The van der Waals surface area contributed by atoms with E-state index in [1.165, 1.54) is 0 Å². The molecule has 5 heteroatoms. The van der Waals surface area contributed by atoms with E-state index in [9.17, 15) is 4.79 Å². The van der Waals surface area contributed by atoms with Crippen molar-refractivity contribution < 1.29 is 0 Å². The second-order valence-electron chi connectivity index (χ2n) is 6.30. The third-order valence-corrected chi connectivity index (χ3v) is 4.37. The van der Waals surface area contributed by atoms with Gasteiger partial charge >= 0.3 is 0 Å². The van der Waals surface area contributed by atoms with Crippen molar-refractivity contribution in [1.29, 1.82) is 0 Å². The highest BCUT2D eigenvalue weighted by Gasteiger charge is 2.04. The van der Waals surface area contributed by atoms with E-state index in [0.717, 1.165) is 38.7 Å². The van der Waals surface area contributed by atoms with Crippen molar-refractivity contribution in [3.8, 4) is 0 Å². The molecule has 3 aromatic heterocycles. The minimum Gasteiger partial charge on any atom is -0.397 e. The normalized spacial score (nSPS) is 10.7. The van der Waals surface area contributed by atoms with Crippen LogP contribution in [0.1, 0.15) is 5.69 Å². The number of benzene rings is 2. The van der Waals surface area contributed by atoms with E-state index in [-0.39, 0.29) is 5.43 Å². The standard InChI is InChI=1S/C13H10N2O.C9H8N2/c1-8-7-11(16)10-5-4-9-3-2-6-14-12(9)13(10)15-8;10-8-5-1-3-7-4-2-6-11-9(7)8/h2-7H,1H3,(H,15,16);1-6H,10H2. The van der Waals surface area contributed by atoms with Gasteiger partial charge in [-0.25, -0.2) is 0 Å². The van der Waals surface area contributed by atoms with Crippen LogP contribution in [0.4, 0.5) is 5.69 Å². The number of anilines is 1. The summed E-state index contributed by atoms with van der Waals surface area (Å²) in [5.74, 6) is 0. The van der Waals surface area contributed by atoms with Crippen LogP contribution in [0.25, 0.3) is 32.7 Å². The number of nitrogen functional groups attached to an aromatic ring is 1. The minimum absolute atomic E-state index is 0.0406. The number of para-hydroxylation sites is 1. The zero-order chi connectivity index (χ0) is 18.8. The summed E-state index contributed by atoms with van der Waals surface area (Å²) >= 11 is 0. The lowest BCUT2D eigenvalue weighted by atomic mass is 10.1. The molecule has 5 aromatic rings. The number of nitrogens with one attached hydrogen (secondary N) is 1. The Hall–Kier alpha value is -3.73. The van der Waals surface area contributed by atoms with Gasteiger partial charge in [0, 0.05) is 40.3 Å². The summed E-state index contributed by atoms with van der Waals surface area (Å²) in [6, 6.07) is 18.9. The van der Waals surface area contributed by atoms with Crippen molar-refractivity contribution >= 4 is 38.4 Å². The molecule has 3 heterocycles. The van der Waals surface area contributed by atoms with Crippen LogP contribution in [0.5, 0.6) is 0 Å². The van der Waals surface area contributed by atoms with Crippen molar-refractivity contribution in [2.45, 2.75) is 6.92 Å². The highest BCUT2D eigenvalue weighted by atomic mass is 16.1. The molecule has 0 atom stereocenters. The minimum atomic E-state index is 0.0406. The molecule has 0 spiro atoms. The van der Waals surface area contributed by atoms with Crippen LogP contribution >= 0.6 is 0 Å². The summed E-state index contributed by atoms with van der Waals surface area (Å²) in [4.78, 5) is 23.5. The molecular formula is C22H18N4O. The van der Waals surface area contributed by atoms with Gasteiger partial charge < -0.3 is 10.7 Å². The summed E-state index contributed by atoms with van der Waals surface area (Å²) in [6.45, 7) is 1.88. The second-order valence-corrected chi connectivity index (χ2v) is 6.30. The zero-order valence-corrected chi connectivity index (χ0v) is 14.8. The monoisotopic (exact) mass is 354 g/mol. The van der Waals surface area contributed by atoms with Crippen molar-refractivity contribution in [3.05, 3.63) is 89.0 Å². The predicted molar refractivity (Wildman–Crippen MR) is 111 cm³/mol. The average molecular weight is 354 g/mol. The molecule has 0 fully saturated rings. The molecule has 0 radical (unpaired) electrons. The number of aryl methyl sites for hydroxylation is 1. The number of nitrogens with zero attached hydrogens (tertiary/aromatic N) is 2. The Bertz CT molecular complexity index is 1320. The van der Waals surface area contributed by atoms with Gasteiger partial charge in [-0.15, -0.1) is 0 Å². The molecule has 0 saturated carbocycles. The average Bonchev–Trinajstić information content (AvgIpc) is 2.69. The van der Waals surface area contributed by atoms with E-state index in [1.54, 1.807) is 18.5 Å². The quantitative estimate of drug-likeness (QED) is 0.322. The third kappa shape index (κ3) is 3.22. The molecule has 0 bridgehead atoms. The van der Waals surface area contributed by atoms with E-state index in [2.05, 4.69) is 15.0 Å². The SMILES string of the molecule is Cc1cc(=O)c2ccc3cccnc3c2[nH]1.Nc1cccc2cccnc12. The Morgan fingerprint density at radius 2 is 1.52 bits per heavy atom. The number of rotatable bonds is 0. The van der Waals surface area contributed by atoms with E-state index in [4.69, 9.17) is 5.73 Å².